The van der Waals surface area contributed by atoms with Crippen LogP contribution in [0.4, 0.5) is 5.69 Å². The van der Waals surface area contributed by atoms with Gasteiger partial charge < -0.3 is 4.74 Å². The van der Waals surface area contributed by atoms with Crippen LogP contribution >= 0.6 is 23.2 Å². The van der Waals surface area contributed by atoms with Gasteiger partial charge in [-0.25, -0.2) is 13.1 Å². The molecule has 0 saturated heterocycles. The van der Waals surface area contributed by atoms with Crippen molar-refractivity contribution in [2.45, 2.75) is 24.3 Å². The summed E-state index contributed by atoms with van der Waals surface area (Å²) >= 11 is 12.6. The maximum Gasteiger partial charge on any atom is 0.240 e. The molecule has 1 aliphatic heterocycles. The summed E-state index contributed by atoms with van der Waals surface area (Å²) in [7, 11) is -3.83. The van der Waals surface area contributed by atoms with E-state index in [9.17, 15) is 8.42 Å². The van der Waals surface area contributed by atoms with E-state index in [-0.39, 0.29) is 23.0 Å². The molecule has 0 aliphatic carbocycles. The molecule has 3 aromatic carbocycles. The SMILES string of the molecule is CCOc1ccc(C2CC(CNS(=O)(=O)c3cccc(C#N)c3)=NN2c2ccc(Cl)cc2Cl)cc1. The molecule has 4 rings (SSSR count). The minimum atomic E-state index is -3.83. The Morgan fingerprint density at radius 2 is 1.91 bits per heavy atom. The highest BCUT2D eigenvalue weighted by Gasteiger charge is 2.31. The van der Waals surface area contributed by atoms with Gasteiger partial charge in [0.2, 0.25) is 10.0 Å². The van der Waals surface area contributed by atoms with Crippen molar-refractivity contribution >= 4 is 44.6 Å². The smallest absolute Gasteiger partial charge is 0.240 e. The van der Waals surface area contributed by atoms with Crippen molar-refractivity contribution in [2.75, 3.05) is 18.2 Å². The van der Waals surface area contributed by atoms with Gasteiger partial charge in [0.1, 0.15) is 5.75 Å². The first-order valence-corrected chi connectivity index (χ1v) is 13.1. The average Bonchev–Trinajstić information content (AvgIpc) is 3.27. The van der Waals surface area contributed by atoms with Crippen molar-refractivity contribution in [3.8, 4) is 11.8 Å². The van der Waals surface area contributed by atoms with Gasteiger partial charge in [-0.1, -0.05) is 41.4 Å². The number of ether oxygens (including phenoxy) is 1. The zero-order valence-corrected chi connectivity index (χ0v) is 21.1. The summed E-state index contributed by atoms with van der Waals surface area (Å²) in [6.07, 6.45) is 0.480. The number of anilines is 1. The predicted octanol–water partition coefficient (Wildman–Crippen LogP) is 5.55. The molecule has 0 saturated carbocycles. The third-order valence-corrected chi connectivity index (χ3v) is 7.38. The highest BCUT2D eigenvalue weighted by molar-refractivity contribution is 7.89. The highest BCUT2D eigenvalue weighted by Crippen LogP contribution is 2.40. The molecule has 0 bridgehead atoms. The molecule has 10 heteroatoms. The molecule has 3 aromatic rings. The lowest BCUT2D eigenvalue weighted by molar-refractivity contribution is 0.340. The number of nitrogens with one attached hydrogen (secondary N) is 1. The Morgan fingerprint density at radius 3 is 2.60 bits per heavy atom. The van der Waals surface area contributed by atoms with Crippen molar-refractivity contribution in [1.82, 2.24) is 4.72 Å². The van der Waals surface area contributed by atoms with Gasteiger partial charge in [-0.3, -0.25) is 5.01 Å². The number of benzene rings is 3. The average molecular weight is 529 g/mol. The Bertz CT molecular complexity index is 1400. The second kappa shape index (κ2) is 10.7. The fraction of sp³-hybridized carbons (Fsp3) is 0.200. The van der Waals surface area contributed by atoms with Crippen LogP contribution in [0, 0.1) is 11.3 Å². The fourth-order valence-corrected chi connectivity index (χ4v) is 5.33. The summed E-state index contributed by atoms with van der Waals surface area (Å²) in [5.41, 5.74) is 2.54. The molecule has 1 N–H and O–H groups in total. The molecule has 0 radical (unpaired) electrons. The first-order valence-electron chi connectivity index (χ1n) is 10.8. The van der Waals surface area contributed by atoms with Gasteiger partial charge in [-0.05, 0) is 61.0 Å². The number of halogens is 2. The minimum absolute atomic E-state index is 0.00829. The zero-order chi connectivity index (χ0) is 25.0. The number of hydrogen-bond donors (Lipinski definition) is 1. The van der Waals surface area contributed by atoms with Crippen LogP contribution in [0.2, 0.25) is 10.0 Å². The second-order valence-electron chi connectivity index (χ2n) is 7.79. The molecule has 1 aliphatic rings. The van der Waals surface area contributed by atoms with E-state index >= 15 is 0 Å². The van der Waals surface area contributed by atoms with E-state index in [2.05, 4.69) is 4.72 Å². The molecule has 0 spiro atoms. The molecule has 0 fully saturated rings. The van der Waals surface area contributed by atoms with Gasteiger partial charge in [-0.15, -0.1) is 0 Å². The molecule has 1 atom stereocenters. The fourth-order valence-electron chi connectivity index (χ4n) is 3.78. The number of sulfonamides is 1. The van der Waals surface area contributed by atoms with E-state index in [1.165, 1.54) is 18.2 Å². The van der Waals surface area contributed by atoms with Gasteiger partial charge in [0.05, 0.1) is 52.1 Å². The van der Waals surface area contributed by atoms with E-state index in [1.807, 2.05) is 37.3 Å². The molecule has 7 nitrogen and oxygen atoms in total. The van der Waals surface area contributed by atoms with Crippen LogP contribution in [0.3, 0.4) is 0 Å². The Morgan fingerprint density at radius 1 is 1.14 bits per heavy atom. The largest absolute Gasteiger partial charge is 0.494 e. The monoisotopic (exact) mass is 528 g/mol. The van der Waals surface area contributed by atoms with Crippen LogP contribution in [-0.2, 0) is 10.0 Å². The van der Waals surface area contributed by atoms with E-state index in [1.54, 1.807) is 29.3 Å². The summed E-state index contributed by atoms with van der Waals surface area (Å²) in [5.74, 6) is 0.763. The Kier molecular flexibility index (Phi) is 7.63. The molecular weight excluding hydrogens is 507 g/mol. The number of rotatable bonds is 8. The van der Waals surface area contributed by atoms with Gasteiger partial charge >= 0.3 is 0 Å². The van der Waals surface area contributed by atoms with E-state index in [4.69, 9.17) is 38.3 Å². The third kappa shape index (κ3) is 5.77. The normalized spacial score (nSPS) is 15.5. The zero-order valence-electron chi connectivity index (χ0n) is 18.8. The maximum atomic E-state index is 12.8. The second-order valence-corrected chi connectivity index (χ2v) is 10.4. The van der Waals surface area contributed by atoms with E-state index in [0.29, 0.717) is 34.5 Å². The Hall–Kier alpha value is -3.09. The van der Waals surface area contributed by atoms with Crippen molar-refractivity contribution in [2.24, 2.45) is 5.10 Å². The minimum Gasteiger partial charge on any atom is -0.494 e. The lowest BCUT2D eigenvalue weighted by Crippen LogP contribution is -2.29. The maximum absolute atomic E-state index is 12.8. The molecule has 35 heavy (non-hydrogen) atoms. The third-order valence-electron chi connectivity index (χ3n) is 5.45. The van der Waals surface area contributed by atoms with Crippen LogP contribution in [0.5, 0.6) is 5.75 Å². The highest BCUT2D eigenvalue weighted by atomic mass is 35.5. The van der Waals surface area contributed by atoms with Crippen LogP contribution in [0.15, 0.2) is 76.7 Å². The summed E-state index contributed by atoms with van der Waals surface area (Å²) in [5, 5.41) is 16.5. The van der Waals surface area contributed by atoms with Crippen LogP contribution < -0.4 is 14.5 Å². The molecule has 1 heterocycles. The quantitative estimate of drug-likeness (QED) is 0.413. The van der Waals surface area contributed by atoms with Crippen LogP contribution in [0.1, 0.15) is 30.5 Å². The van der Waals surface area contributed by atoms with E-state index in [0.717, 1.165) is 11.3 Å². The molecule has 0 aromatic heterocycles. The van der Waals surface area contributed by atoms with Crippen molar-refractivity contribution in [1.29, 1.82) is 5.26 Å². The topological polar surface area (TPSA) is 94.8 Å². The van der Waals surface area contributed by atoms with Gasteiger partial charge in [-0.2, -0.15) is 10.4 Å². The molecule has 180 valence electrons. The summed E-state index contributed by atoms with van der Waals surface area (Å²) in [6, 6.07) is 20.5. The summed E-state index contributed by atoms with van der Waals surface area (Å²) in [6.45, 7) is 2.50. The molecule has 1 unspecified atom stereocenters. The number of nitrogens with zero attached hydrogens (tertiary/aromatic N) is 3. The first kappa shape index (κ1) is 25.0. The first-order chi connectivity index (χ1) is 16.8. The lowest BCUT2D eigenvalue weighted by atomic mass is 10.0. The van der Waals surface area contributed by atoms with Crippen molar-refractivity contribution < 1.29 is 13.2 Å². The number of nitriles is 1. The lowest BCUT2D eigenvalue weighted by Gasteiger charge is -2.25. The van der Waals surface area contributed by atoms with Gasteiger partial charge in [0.25, 0.3) is 0 Å². The Balaban J connectivity index is 1.60. The standard InChI is InChI=1S/C25H22Cl2N4O3S/c1-2-34-21-9-6-18(7-10-21)25-14-20(30-31(25)24-11-8-19(26)13-23(24)27)16-29-35(32,33)22-5-3-4-17(12-22)15-28/h3-13,25,29H,2,14,16H2,1H3. The number of hydrogen-bond acceptors (Lipinski definition) is 6. The van der Waals surface area contributed by atoms with E-state index < -0.39 is 10.0 Å². The molecule has 0 amide bonds. The van der Waals surface area contributed by atoms with Crippen molar-refractivity contribution in [3.05, 3.63) is 87.9 Å². The summed E-state index contributed by atoms with van der Waals surface area (Å²) in [4.78, 5) is 0.0239. The van der Waals surface area contributed by atoms with Gasteiger partial charge in [0.15, 0.2) is 0 Å². The van der Waals surface area contributed by atoms with Gasteiger partial charge in [0, 0.05) is 11.4 Å². The summed E-state index contributed by atoms with van der Waals surface area (Å²) < 4.78 is 33.8. The van der Waals surface area contributed by atoms with Crippen molar-refractivity contribution in [3.63, 3.8) is 0 Å². The van der Waals surface area contributed by atoms with Crippen LogP contribution in [-0.4, -0.2) is 27.3 Å². The predicted molar refractivity (Wildman–Crippen MR) is 138 cm³/mol. The Labute approximate surface area is 214 Å². The number of hydrazone groups is 1. The van der Waals surface area contributed by atoms with Crippen LogP contribution in [0.25, 0.3) is 0 Å². The molecular formula is C25H22Cl2N4O3S.